The molecule has 1 N–H and O–H groups in total. The maximum absolute atomic E-state index is 12.7. The van der Waals surface area contributed by atoms with E-state index in [1.807, 2.05) is 0 Å². The minimum atomic E-state index is -0.223. The normalized spacial score (nSPS) is 29.9. The lowest BCUT2D eigenvalue weighted by molar-refractivity contribution is -0.140. The monoisotopic (exact) mass is 358 g/mol. The minimum absolute atomic E-state index is 0.0995. The van der Waals surface area contributed by atoms with Crippen molar-refractivity contribution in [3.63, 3.8) is 0 Å². The second kappa shape index (κ2) is 6.30. The standard InChI is InChI=1S/C19H19ClN2O3/c20-13-5-7-14(8-6-13)21-15(23)9-10-22-18(24)16-11-1-2-12(4-3-11)17(16)19(22)25/h1-2,5-8,11-12,16-17H,3-4,9-10H2,(H,21,23)/t11-,12-,16-,17-/m0/s1. The van der Waals surface area contributed by atoms with Gasteiger partial charge in [0.05, 0.1) is 11.8 Å². The van der Waals surface area contributed by atoms with Crippen molar-refractivity contribution in [2.45, 2.75) is 19.3 Å². The Hall–Kier alpha value is -2.14. The number of nitrogens with one attached hydrogen (secondary N) is 1. The Bertz CT molecular complexity index is 726. The van der Waals surface area contributed by atoms with Crippen molar-refractivity contribution < 1.29 is 14.4 Å². The van der Waals surface area contributed by atoms with E-state index in [0.717, 1.165) is 12.8 Å². The number of anilines is 1. The fourth-order valence-electron chi connectivity index (χ4n) is 4.33. The highest BCUT2D eigenvalue weighted by Crippen LogP contribution is 2.49. The topological polar surface area (TPSA) is 66.5 Å². The SMILES string of the molecule is O=C(CCN1C(=O)[C@@H]2[C@@H](C1=O)[C@H]1C=C[C@H]2CC1)Nc1ccc(Cl)cc1. The molecule has 2 bridgehead atoms. The van der Waals surface area contributed by atoms with Gasteiger partial charge in [0.2, 0.25) is 17.7 Å². The van der Waals surface area contributed by atoms with E-state index in [1.165, 1.54) is 4.90 Å². The van der Waals surface area contributed by atoms with Gasteiger partial charge in [-0.05, 0) is 48.9 Å². The third-order valence-electron chi connectivity index (χ3n) is 5.54. The Morgan fingerprint density at radius 2 is 1.60 bits per heavy atom. The zero-order valence-corrected chi connectivity index (χ0v) is 14.4. The van der Waals surface area contributed by atoms with Crippen molar-refractivity contribution in [1.82, 2.24) is 4.90 Å². The number of allylic oxidation sites excluding steroid dienone is 2. The van der Waals surface area contributed by atoms with Crippen LogP contribution in [0.2, 0.25) is 5.02 Å². The third kappa shape index (κ3) is 2.86. The number of carbonyl (C=O) groups is 3. The number of imide groups is 1. The van der Waals surface area contributed by atoms with Gasteiger partial charge in [0, 0.05) is 23.7 Å². The number of benzene rings is 1. The number of amides is 3. The highest BCUT2D eigenvalue weighted by atomic mass is 35.5. The van der Waals surface area contributed by atoms with Gasteiger partial charge in [-0.25, -0.2) is 0 Å². The van der Waals surface area contributed by atoms with Crippen molar-refractivity contribution in [2.24, 2.45) is 23.7 Å². The van der Waals surface area contributed by atoms with Crippen LogP contribution in [0.1, 0.15) is 19.3 Å². The summed E-state index contributed by atoms with van der Waals surface area (Å²) in [4.78, 5) is 38.8. The fourth-order valence-corrected chi connectivity index (χ4v) is 4.45. The van der Waals surface area contributed by atoms with Crippen LogP contribution in [0.25, 0.3) is 0 Å². The Labute approximate surface area is 151 Å². The molecule has 3 amide bonds. The van der Waals surface area contributed by atoms with Crippen molar-refractivity contribution in [1.29, 1.82) is 0 Å². The van der Waals surface area contributed by atoms with Gasteiger partial charge in [-0.1, -0.05) is 23.8 Å². The van der Waals surface area contributed by atoms with E-state index >= 15 is 0 Å². The quantitative estimate of drug-likeness (QED) is 0.664. The summed E-state index contributed by atoms with van der Waals surface area (Å²) < 4.78 is 0. The fraction of sp³-hybridized carbons (Fsp3) is 0.421. The summed E-state index contributed by atoms with van der Waals surface area (Å²) in [6, 6.07) is 6.81. The second-order valence-corrected chi connectivity index (χ2v) is 7.41. The summed E-state index contributed by atoms with van der Waals surface area (Å²) in [5, 5.41) is 3.35. The lowest BCUT2D eigenvalue weighted by atomic mass is 9.63. The average Bonchev–Trinajstić information content (AvgIpc) is 2.89. The minimum Gasteiger partial charge on any atom is -0.326 e. The number of rotatable bonds is 4. The van der Waals surface area contributed by atoms with Gasteiger partial charge >= 0.3 is 0 Å². The molecule has 5 nitrogen and oxygen atoms in total. The molecule has 25 heavy (non-hydrogen) atoms. The Balaban J connectivity index is 1.38. The smallest absolute Gasteiger partial charge is 0.233 e. The second-order valence-electron chi connectivity index (χ2n) is 6.97. The van der Waals surface area contributed by atoms with Crippen molar-refractivity contribution >= 4 is 35.0 Å². The van der Waals surface area contributed by atoms with Crippen LogP contribution < -0.4 is 5.32 Å². The van der Waals surface area contributed by atoms with Gasteiger partial charge in [-0.2, -0.15) is 0 Å². The third-order valence-corrected chi connectivity index (χ3v) is 5.79. The van der Waals surface area contributed by atoms with Crippen LogP contribution in [0.3, 0.4) is 0 Å². The first-order chi connectivity index (χ1) is 12.0. The molecule has 0 unspecified atom stereocenters. The first-order valence-electron chi connectivity index (χ1n) is 8.63. The number of halogens is 1. The molecule has 4 atom stereocenters. The zero-order valence-electron chi connectivity index (χ0n) is 13.7. The predicted molar refractivity (Wildman–Crippen MR) is 93.8 cm³/mol. The molecule has 5 rings (SSSR count). The number of carbonyl (C=O) groups excluding carboxylic acids is 3. The molecule has 6 heteroatoms. The van der Waals surface area contributed by atoms with E-state index in [1.54, 1.807) is 24.3 Å². The summed E-state index contributed by atoms with van der Waals surface area (Å²) in [5.74, 6) is -0.495. The van der Waals surface area contributed by atoms with Crippen LogP contribution in [0.4, 0.5) is 5.69 Å². The van der Waals surface area contributed by atoms with Gasteiger partial charge in [-0.15, -0.1) is 0 Å². The maximum Gasteiger partial charge on any atom is 0.233 e. The molecule has 1 saturated heterocycles. The van der Waals surface area contributed by atoms with Crippen molar-refractivity contribution in [3.05, 3.63) is 41.4 Å². The molecule has 1 heterocycles. The molecule has 2 fully saturated rings. The van der Waals surface area contributed by atoms with Gasteiger partial charge in [0.15, 0.2) is 0 Å². The van der Waals surface area contributed by atoms with Crippen LogP contribution in [0.15, 0.2) is 36.4 Å². The molecule has 1 aromatic rings. The van der Waals surface area contributed by atoms with Gasteiger partial charge in [0.1, 0.15) is 0 Å². The molecule has 1 saturated carbocycles. The molecule has 130 valence electrons. The maximum atomic E-state index is 12.7. The number of nitrogens with zero attached hydrogens (tertiary/aromatic N) is 1. The Kier molecular flexibility index (Phi) is 4.12. The lowest BCUT2D eigenvalue weighted by Crippen LogP contribution is -2.38. The molecule has 0 radical (unpaired) electrons. The first-order valence-corrected chi connectivity index (χ1v) is 9.01. The molecule has 0 spiro atoms. The summed E-state index contributed by atoms with van der Waals surface area (Å²) in [6.45, 7) is 0.142. The van der Waals surface area contributed by atoms with E-state index in [2.05, 4.69) is 17.5 Å². The number of likely N-dealkylation sites (tertiary alicyclic amines) is 1. The van der Waals surface area contributed by atoms with E-state index in [9.17, 15) is 14.4 Å². The van der Waals surface area contributed by atoms with Crippen molar-refractivity contribution in [2.75, 3.05) is 11.9 Å². The van der Waals surface area contributed by atoms with Gasteiger partial charge in [0.25, 0.3) is 0 Å². The van der Waals surface area contributed by atoms with Crippen LogP contribution in [0, 0.1) is 23.7 Å². The highest BCUT2D eigenvalue weighted by Gasteiger charge is 2.56. The molecule has 3 aliphatic carbocycles. The van der Waals surface area contributed by atoms with E-state index in [4.69, 9.17) is 11.6 Å². The lowest BCUT2D eigenvalue weighted by Gasteiger charge is -2.38. The highest BCUT2D eigenvalue weighted by molar-refractivity contribution is 6.30. The molecule has 1 aromatic carbocycles. The van der Waals surface area contributed by atoms with Crippen LogP contribution in [-0.4, -0.2) is 29.2 Å². The number of hydrogen-bond acceptors (Lipinski definition) is 3. The average molecular weight is 359 g/mol. The first kappa shape index (κ1) is 16.3. The largest absolute Gasteiger partial charge is 0.326 e. The summed E-state index contributed by atoms with van der Waals surface area (Å²) in [7, 11) is 0. The zero-order chi connectivity index (χ0) is 17.6. The van der Waals surface area contributed by atoms with E-state index in [-0.39, 0.29) is 54.4 Å². The predicted octanol–water partition coefficient (Wildman–Crippen LogP) is 2.87. The summed E-state index contributed by atoms with van der Waals surface area (Å²) >= 11 is 5.82. The number of fused-ring (bicyclic) bond motifs is 1. The van der Waals surface area contributed by atoms with Crippen molar-refractivity contribution in [3.8, 4) is 0 Å². The number of hydrogen-bond donors (Lipinski definition) is 1. The summed E-state index contributed by atoms with van der Waals surface area (Å²) in [5.41, 5.74) is 0.643. The van der Waals surface area contributed by atoms with E-state index < -0.39 is 0 Å². The molecule has 4 aliphatic rings. The molecule has 0 aromatic heterocycles. The Morgan fingerprint density at radius 1 is 1.04 bits per heavy atom. The van der Waals surface area contributed by atoms with Gasteiger partial charge < -0.3 is 5.32 Å². The van der Waals surface area contributed by atoms with Gasteiger partial charge in [-0.3, -0.25) is 19.3 Å². The van der Waals surface area contributed by atoms with E-state index in [0.29, 0.717) is 10.7 Å². The molecule has 1 aliphatic heterocycles. The Morgan fingerprint density at radius 3 is 2.12 bits per heavy atom. The molecular formula is C19H19ClN2O3. The van der Waals surface area contributed by atoms with Crippen LogP contribution in [0.5, 0.6) is 0 Å². The molecular weight excluding hydrogens is 340 g/mol. The van der Waals surface area contributed by atoms with Crippen LogP contribution >= 0.6 is 11.6 Å². The van der Waals surface area contributed by atoms with Crippen LogP contribution in [-0.2, 0) is 14.4 Å². The summed E-state index contributed by atoms with van der Waals surface area (Å²) in [6.07, 6.45) is 6.25.